The Bertz CT molecular complexity index is 167. The Morgan fingerprint density at radius 2 is 1.55 bits per heavy atom. The van der Waals surface area contributed by atoms with Crippen LogP contribution >= 0.6 is 0 Å². The molecule has 0 aliphatic rings. The fourth-order valence-corrected chi connectivity index (χ4v) is 0.701. The SMILES string of the molecule is C#C.O=[SH](O)(O)CC(F)(F)F. The van der Waals surface area contributed by atoms with Crippen LogP contribution in [0.4, 0.5) is 13.2 Å². The molecule has 0 bridgehead atoms. The van der Waals surface area contributed by atoms with E-state index in [2.05, 4.69) is 12.8 Å². The van der Waals surface area contributed by atoms with E-state index in [9.17, 15) is 17.4 Å². The molecule has 0 aromatic heterocycles. The summed E-state index contributed by atoms with van der Waals surface area (Å²) in [6.07, 6.45) is 3.22. The van der Waals surface area contributed by atoms with Crippen LogP contribution in [0.25, 0.3) is 0 Å². The number of alkyl halides is 3. The fourth-order valence-electron chi connectivity index (χ4n) is 0.234. The van der Waals surface area contributed by atoms with Crippen LogP contribution in [0.2, 0.25) is 0 Å². The molecule has 0 aromatic carbocycles. The average molecular weight is 192 g/mol. The predicted octanol–water partition coefficient (Wildman–Crippen LogP) is 0.761. The van der Waals surface area contributed by atoms with Crippen molar-refractivity contribution in [2.45, 2.75) is 6.18 Å². The minimum atomic E-state index is -4.91. The molecule has 0 radical (unpaired) electrons. The number of halogens is 3. The Kier molecular flexibility index (Phi) is 5.13. The lowest BCUT2D eigenvalue weighted by Crippen LogP contribution is -2.27. The van der Waals surface area contributed by atoms with Gasteiger partial charge < -0.3 is 9.11 Å². The molecule has 3 nitrogen and oxygen atoms in total. The van der Waals surface area contributed by atoms with Gasteiger partial charge in [0.1, 0.15) is 5.75 Å². The zero-order chi connectivity index (χ0) is 9.71. The highest BCUT2D eigenvalue weighted by molar-refractivity contribution is 7.92. The van der Waals surface area contributed by atoms with Crippen LogP contribution in [0.1, 0.15) is 0 Å². The number of terminal acetylenes is 1. The van der Waals surface area contributed by atoms with Gasteiger partial charge in [-0.05, 0) is 0 Å². The van der Waals surface area contributed by atoms with Gasteiger partial charge in [0.2, 0.25) is 0 Å². The summed E-state index contributed by atoms with van der Waals surface area (Å²) in [5.41, 5.74) is 0. The molecule has 68 valence electrons. The second kappa shape index (κ2) is 4.33. The van der Waals surface area contributed by atoms with Gasteiger partial charge in [-0.2, -0.15) is 13.2 Å². The normalized spacial score (nSPS) is 13.0. The third-order valence-corrected chi connectivity index (χ3v) is 1.16. The average Bonchev–Trinajstić information content (AvgIpc) is 1.60. The molecule has 11 heavy (non-hydrogen) atoms. The van der Waals surface area contributed by atoms with Gasteiger partial charge in [-0.15, -0.1) is 12.8 Å². The number of hydrogen-bond acceptors (Lipinski definition) is 1. The molecule has 2 N–H and O–H groups in total. The summed E-state index contributed by atoms with van der Waals surface area (Å²) in [7, 11) is -4.91. The lowest BCUT2D eigenvalue weighted by molar-refractivity contribution is -0.108. The van der Waals surface area contributed by atoms with Gasteiger partial charge in [0, 0.05) is 0 Å². The van der Waals surface area contributed by atoms with E-state index in [1.165, 1.54) is 0 Å². The Labute approximate surface area is 62.7 Å². The molecule has 0 heterocycles. The Morgan fingerprint density at radius 1 is 1.27 bits per heavy atom. The fraction of sp³-hybridized carbons (Fsp3) is 0.500. The number of thiol groups is 1. The Morgan fingerprint density at radius 3 is 1.55 bits per heavy atom. The smallest absolute Gasteiger partial charge is 0.309 e. The van der Waals surface area contributed by atoms with Crippen LogP contribution in [-0.4, -0.2) is 25.2 Å². The van der Waals surface area contributed by atoms with Crippen molar-refractivity contribution in [1.29, 1.82) is 0 Å². The van der Waals surface area contributed by atoms with Crippen LogP contribution in [-0.2, 0) is 10.5 Å². The second-order valence-corrected chi connectivity index (χ2v) is 3.08. The molecule has 0 rings (SSSR count). The highest BCUT2D eigenvalue weighted by Gasteiger charge is 2.32. The summed E-state index contributed by atoms with van der Waals surface area (Å²) >= 11 is 0. The standard InChI is InChI=1S/C2H5F3O3S.C2H2/c3-2(4,5)1-9(6,7)8;1-2/h9H,1H2,(H2,6,7,8);1-2H. The van der Waals surface area contributed by atoms with E-state index in [1.807, 2.05) is 0 Å². The molecule has 0 saturated carbocycles. The maximum Gasteiger partial charge on any atom is 0.402 e. The molecule has 7 heteroatoms. The number of hydrogen-bond donors (Lipinski definition) is 3. The van der Waals surface area contributed by atoms with Crippen LogP contribution in [0.15, 0.2) is 0 Å². The molecular weight excluding hydrogens is 185 g/mol. The molecule has 0 saturated heterocycles. The first-order chi connectivity index (χ1) is 4.71. The third-order valence-electron chi connectivity index (χ3n) is 0.385. The van der Waals surface area contributed by atoms with Crippen LogP contribution in [0, 0.1) is 12.8 Å². The van der Waals surface area contributed by atoms with E-state index in [-0.39, 0.29) is 0 Å². The first-order valence-corrected chi connectivity index (χ1v) is 3.95. The zero-order valence-corrected chi connectivity index (χ0v) is 6.14. The molecule has 0 spiro atoms. The lowest BCUT2D eigenvalue weighted by Gasteiger charge is -2.11. The quantitative estimate of drug-likeness (QED) is 0.424. The van der Waals surface area contributed by atoms with Crippen LogP contribution in [0.3, 0.4) is 0 Å². The summed E-state index contributed by atoms with van der Waals surface area (Å²) in [5.74, 6) is -2.04. The van der Waals surface area contributed by atoms with E-state index >= 15 is 0 Å². The van der Waals surface area contributed by atoms with Crippen molar-refractivity contribution in [3.63, 3.8) is 0 Å². The summed E-state index contributed by atoms with van der Waals surface area (Å²) in [4.78, 5) is 0. The topological polar surface area (TPSA) is 57.5 Å². The van der Waals surface area contributed by atoms with Gasteiger partial charge in [-0.1, -0.05) is 0 Å². The predicted molar refractivity (Wildman–Crippen MR) is 35.6 cm³/mol. The molecule has 0 unspecified atom stereocenters. The van der Waals surface area contributed by atoms with Crippen molar-refractivity contribution < 1.29 is 26.5 Å². The lowest BCUT2D eigenvalue weighted by atomic mass is 10.8. The monoisotopic (exact) mass is 192 g/mol. The molecule has 0 atom stereocenters. The van der Waals surface area contributed by atoms with Gasteiger partial charge in [0.15, 0.2) is 0 Å². The molecule has 0 aliphatic heterocycles. The van der Waals surface area contributed by atoms with Crippen molar-refractivity contribution in [1.82, 2.24) is 0 Å². The first-order valence-electron chi connectivity index (χ1n) is 2.15. The van der Waals surface area contributed by atoms with Gasteiger partial charge in [-0.3, -0.25) is 0 Å². The van der Waals surface area contributed by atoms with E-state index in [0.29, 0.717) is 0 Å². The van der Waals surface area contributed by atoms with E-state index in [1.54, 1.807) is 0 Å². The third kappa shape index (κ3) is 17.7. The Hall–Kier alpha value is -0.580. The summed E-state index contributed by atoms with van der Waals surface area (Å²) in [6.45, 7) is 0. The molecule has 0 fully saturated rings. The molecule has 0 aromatic rings. The molecular formula is C4H7F3O3S. The van der Waals surface area contributed by atoms with Crippen molar-refractivity contribution in [2.24, 2.45) is 0 Å². The van der Waals surface area contributed by atoms with Crippen molar-refractivity contribution in [3.05, 3.63) is 0 Å². The zero-order valence-electron chi connectivity index (χ0n) is 5.25. The van der Waals surface area contributed by atoms with Gasteiger partial charge in [0.05, 0.1) is 10.5 Å². The maximum absolute atomic E-state index is 11.1. The van der Waals surface area contributed by atoms with Gasteiger partial charge in [0.25, 0.3) is 0 Å². The minimum Gasteiger partial charge on any atom is -0.309 e. The van der Waals surface area contributed by atoms with E-state index in [4.69, 9.17) is 9.11 Å². The maximum atomic E-state index is 11.1. The van der Waals surface area contributed by atoms with E-state index < -0.39 is 22.4 Å². The van der Waals surface area contributed by atoms with Crippen molar-refractivity contribution in [3.8, 4) is 12.8 Å². The van der Waals surface area contributed by atoms with Crippen LogP contribution < -0.4 is 0 Å². The minimum absolute atomic E-state index is 2.04. The van der Waals surface area contributed by atoms with Gasteiger partial charge >= 0.3 is 6.18 Å². The van der Waals surface area contributed by atoms with Gasteiger partial charge in [-0.25, -0.2) is 4.21 Å². The van der Waals surface area contributed by atoms with Crippen molar-refractivity contribution >= 4 is 10.5 Å². The first kappa shape index (κ1) is 13.0. The Balaban J connectivity index is 0. The molecule has 0 aliphatic carbocycles. The highest BCUT2D eigenvalue weighted by Crippen LogP contribution is 2.17. The van der Waals surface area contributed by atoms with E-state index in [0.717, 1.165) is 0 Å². The molecule has 0 amide bonds. The summed E-state index contributed by atoms with van der Waals surface area (Å²) < 4.78 is 58.3. The summed E-state index contributed by atoms with van der Waals surface area (Å²) in [5, 5.41) is 0. The summed E-state index contributed by atoms with van der Waals surface area (Å²) in [6, 6.07) is 0. The van der Waals surface area contributed by atoms with Crippen molar-refractivity contribution in [2.75, 3.05) is 5.75 Å². The second-order valence-electron chi connectivity index (χ2n) is 1.44. The highest BCUT2D eigenvalue weighted by atomic mass is 32.3. The largest absolute Gasteiger partial charge is 0.402 e. The van der Waals surface area contributed by atoms with Crippen LogP contribution in [0.5, 0.6) is 0 Å². The number of rotatable bonds is 1.